The minimum Gasteiger partial charge on any atom is -0.335 e. The van der Waals surface area contributed by atoms with Crippen molar-refractivity contribution in [1.29, 1.82) is 0 Å². The Hall–Kier alpha value is -1.03. The second-order valence-corrected chi connectivity index (χ2v) is 5.55. The van der Waals surface area contributed by atoms with Gasteiger partial charge in [0.15, 0.2) is 0 Å². The third kappa shape index (κ3) is 4.33. The summed E-state index contributed by atoms with van der Waals surface area (Å²) in [7, 11) is 1.88. The molecule has 102 valence electrons. The van der Waals surface area contributed by atoms with E-state index in [1.165, 1.54) is 5.56 Å². The molecular formula is C14H24N2OS. The summed E-state index contributed by atoms with van der Waals surface area (Å²) >= 11 is 1.70. The first-order valence-corrected chi connectivity index (χ1v) is 7.57. The average molecular weight is 268 g/mol. The Morgan fingerprint density at radius 3 is 2.61 bits per heavy atom. The Labute approximate surface area is 114 Å². The van der Waals surface area contributed by atoms with Crippen molar-refractivity contribution in [2.45, 2.75) is 52.1 Å². The Balaban J connectivity index is 2.43. The van der Waals surface area contributed by atoms with E-state index >= 15 is 0 Å². The van der Waals surface area contributed by atoms with Crippen molar-refractivity contribution in [3.63, 3.8) is 0 Å². The second kappa shape index (κ2) is 7.41. The number of hydrogen-bond acceptors (Lipinski definition) is 2. The SMILES string of the molecule is CCC(CC)N(C)C(=O)N[C@H](C)Cc1ccsc1. The van der Waals surface area contributed by atoms with Crippen LogP contribution in [0.2, 0.25) is 0 Å². The molecule has 0 aliphatic rings. The molecule has 0 saturated carbocycles. The summed E-state index contributed by atoms with van der Waals surface area (Å²) < 4.78 is 0. The van der Waals surface area contributed by atoms with E-state index in [1.807, 2.05) is 11.9 Å². The Morgan fingerprint density at radius 1 is 1.44 bits per heavy atom. The Bertz CT molecular complexity index is 347. The summed E-state index contributed by atoms with van der Waals surface area (Å²) in [4.78, 5) is 13.9. The van der Waals surface area contributed by atoms with Crippen LogP contribution < -0.4 is 5.32 Å². The molecule has 1 aromatic heterocycles. The minimum atomic E-state index is 0.0337. The lowest BCUT2D eigenvalue weighted by atomic mass is 10.1. The van der Waals surface area contributed by atoms with Gasteiger partial charge in [-0.1, -0.05) is 13.8 Å². The monoisotopic (exact) mass is 268 g/mol. The van der Waals surface area contributed by atoms with Crippen LogP contribution in [0.25, 0.3) is 0 Å². The van der Waals surface area contributed by atoms with Crippen LogP contribution in [0.15, 0.2) is 16.8 Å². The van der Waals surface area contributed by atoms with Crippen molar-refractivity contribution in [2.75, 3.05) is 7.05 Å². The van der Waals surface area contributed by atoms with Crippen molar-refractivity contribution < 1.29 is 4.79 Å². The van der Waals surface area contributed by atoms with Crippen molar-refractivity contribution >= 4 is 17.4 Å². The van der Waals surface area contributed by atoms with Gasteiger partial charge >= 0.3 is 6.03 Å². The van der Waals surface area contributed by atoms with E-state index in [2.05, 4.69) is 42.9 Å². The van der Waals surface area contributed by atoms with Gasteiger partial charge in [-0.2, -0.15) is 11.3 Å². The Morgan fingerprint density at radius 2 is 2.11 bits per heavy atom. The maximum Gasteiger partial charge on any atom is 0.317 e. The number of amides is 2. The molecule has 1 N–H and O–H groups in total. The molecule has 0 fully saturated rings. The fraction of sp³-hybridized carbons (Fsp3) is 0.643. The molecule has 0 unspecified atom stereocenters. The third-order valence-electron chi connectivity index (χ3n) is 3.30. The molecule has 0 spiro atoms. The maximum absolute atomic E-state index is 12.1. The summed E-state index contributed by atoms with van der Waals surface area (Å²) in [6.07, 6.45) is 2.89. The van der Waals surface area contributed by atoms with Gasteiger partial charge in [-0.15, -0.1) is 0 Å². The Kier molecular flexibility index (Phi) is 6.19. The maximum atomic E-state index is 12.1. The molecule has 1 atom stereocenters. The zero-order chi connectivity index (χ0) is 13.5. The zero-order valence-corrected chi connectivity index (χ0v) is 12.6. The minimum absolute atomic E-state index is 0.0337. The first-order valence-electron chi connectivity index (χ1n) is 6.62. The van der Waals surface area contributed by atoms with E-state index in [9.17, 15) is 4.79 Å². The smallest absolute Gasteiger partial charge is 0.317 e. The van der Waals surface area contributed by atoms with E-state index in [0.29, 0.717) is 6.04 Å². The summed E-state index contributed by atoms with van der Waals surface area (Å²) in [6.45, 7) is 6.29. The number of carbonyl (C=O) groups is 1. The van der Waals surface area contributed by atoms with Crippen LogP contribution in [-0.4, -0.2) is 30.1 Å². The molecule has 1 heterocycles. The highest BCUT2D eigenvalue weighted by Crippen LogP contribution is 2.10. The summed E-state index contributed by atoms with van der Waals surface area (Å²) in [5, 5.41) is 7.26. The van der Waals surface area contributed by atoms with Gasteiger partial charge in [-0.3, -0.25) is 0 Å². The topological polar surface area (TPSA) is 32.3 Å². The van der Waals surface area contributed by atoms with Crippen LogP contribution >= 0.6 is 11.3 Å². The lowest BCUT2D eigenvalue weighted by Crippen LogP contribution is -2.46. The van der Waals surface area contributed by atoms with Gasteiger partial charge in [-0.25, -0.2) is 4.79 Å². The second-order valence-electron chi connectivity index (χ2n) is 4.77. The van der Waals surface area contributed by atoms with Gasteiger partial charge in [0.25, 0.3) is 0 Å². The number of nitrogens with one attached hydrogen (secondary N) is 1. The largest absolute Gasteiger partial charge is 0.335 e. The number of hydrogen-bond donors (Lipinski definition) is 1. The van der Waals surface area contributed by atoms with E-state index in [-0.39, 0.29) is 12.1 Å². The molecule has 0 saturated heterocycles. The van der Waals surface area contributed by atoms with E-state index in [1.54, 1.807) is 11.3 Å². The molecule has 3 nitrogen and oxygen atoms in total. The molecule has 18 heavy (non-hydrogen) atoms. The van der Waals surface area contributed by atoms with E-state index in [0.717, 1.165) is 19.3 Å². The van der Waals surface area contributed by atoms with Crippen LogP contribution in [0.3, 0.4) is 0 Å². The molecule has 0 aliphatic carbocycles. The van der Waals surface area contributed by atoms with E-state index < -0.39 is 0 Å². The van der Waals surface area contributed by atoms with Crippen molar-refractivity contribution in [2.24, 2.45) is 0 Å². The number of thiophene rings is 1. The van der Waals surface area contributed by atoms with Crippen LogP contribution in [0, 0.1) is 0 Å². The van der Waals surface area contributed by atoms with Gasteiger partial charge in [0.05, 0.1) is 0 Å². The lowest BCUT2D eigenvalue weighted by Gasteiger charge is -2.28. The summed E-state index contributed by atoms with van der Waals surface area (Å²) in [6, 6.07) is 2.64. The van der Waals surface area contributed by atoms with Crippen molar-refractivity contribution in [3.05, 3.63) is 22.4 Å². The zero-order valence-electron chi connectivity index (χ0n) is 11.8. The number of nitrogens with zero attached hydrogens (tertiary/aromatic N) is 1. The van der Waals surface area contributed by atoms with Gasteiger partial charge in [-0.05, 0) is 48.6 Å². The molecule has 1 aromatic rings. The number of urea groups is 1. The lowest BCUT2D eigenvalue weighted by molar-refractivity contribution is 0.183. The van der Waals surface area contributed by atoms with Crippen LogP contribution in [0.5, 0.6) is 0 Å². The molecule has 1 rings (SSSR count). The highest BCUT2D eigenvalue weighted by atomic mass is 32.1. The quantitative estimate of drug-likeness (QED) is 0.841. The summed E-state index contributed by atoms with van der Waals surface area (Å²) in [5.41, 5.74) is 1.29. The van der Waals surface area contributed by atoms with Gasteiger partial charge in [0.2, 0.25) is 0 Å². The highest BCUT2D eigenvalue weighted by Gasteiger charge is 2.18. The fourth-order valence-corrected chi connectivity index (χ4v) is 2.81. The van der Waals surface area contributed by atoms with Gasteiger partial charge in [0, 0.05) is 19.1 Å². The number of carbonyl (C=O) groups excluding carboxylic acids is 1. The van der Waals surface area contributed by atoms with Crippen LogP contribution in [0.1, 0.15) is 39.2 Å². The first kappa shape index (κ1) is 15.0. The average Bonchev–Trinajstić information content (AvgIpc) is 2.82. The standard InChI is InChI=1S/C14H24N2OS/c1-5-13(6-2)16(4)14(17)15-11(3)9-12-7-8-18-10-12/h7-8,10-11,13H,5-6,9H2,1-4H3,(H,15,17)/t11-/m1/s1. The van der Waals surface area contributed by atoms with Crippen LogP contribution in [0.4, 0.5) is 4.79 Å². The molecule has 0 aliphatic heterocycles. The van der Waals surface area contributed by atoms with Crippen molar-refractivity contribution in [1.82, 2.24) is 10.2 Å². The molecular weight excluding hydrogens is 244 g/mol. The third-order valence-corrected chi connectivity index (χ3v) is 4.03. The van der Waals surface area contributed by atoms with Gasteiger partial charge < -0.3 is 10.2 Å². The molecule has 4 heteroatoms. The molecule has 2 amide bonds. The predicted molar refractivity (Wildman–Crippen MR) is 78.1 cm³/mol. The normalized spacial score (nSPS) is 12.5. The fourth-order valence-electron chi connectivity index (χ4n) is 2.13. The molecule has 0 bridgehead atoms. The van der Waals surface area contributed by atoms with Gasteiger partial charge in [0.1, 0.15) is 0 Å². The highest BCUT2D eigenvalue weighted by molar-refractivity contribution is 7.07. The van der Waals surface area contributed by atoms with Crippen molar-refractivity contribution in [3.8, 4) is 0 Å². The number of rotatable bonds is 6. The van der Waals surface area contributed by atoms with E-state index in [4.69, 9.17) is 0 Å². The molecule has 0 aromatic carbocycles. The predicted octanol–water partition coefficient (Wildman–Crippen LogP) is 3.51. The van der Waals surface area contributed by atoms with Crippen LogP contribution in [-0.2, 0) is 6.42 Å². The molecule has 0 radical (unpaired) electrons. The first-order chi connectivity index (χ1) is 8.58. The summed E-state index contributed by atoms with van der Waals surface area (Å²) in [5.74, 6) is 0.